The molecule has 1 N–H and O–H groups in total. The molecule has 0 spiro atoms. The van der Waals surface area contributed by atoms with Gasteiger partial charge >= 0.3 is 63.5 Å². The molecule has 0 aromatic rings. The molecular formula is C3H3F5O2Sr. The van der Waals surface area contributed by atoms with Crippen molar-refractivity contribution in [3.8, 4) is 0 Å². The van der Waals surface area contributed by atoms with Crippen LogP contribution >= 0.6 is 0 Å². The fourth-order valence-corrected chi connectivity index (χ4v) is 0.121. The van der Waals surface area contributed by atoms with E-state index in [0.717, 1.165) is 0 Å². The Kier molecular flexibility index (Phi) is 5.16. The standard InChI is InChI=1S/C3HF5O2.Sr.2H/c4-2(5,1(9)10)3(6,7)8;;;/h(H,9,10);;;. The van der Waals surface area contributed by atoms with Crippen LogP contribution in [0.25, 0.3) is 0 Å². The van der Waals surface area contributed by atoms with E-state index in [1.54, 1.807) is 0 Å². The van der Waals surface area contributed by atoms with Crippen molar-refractivity contribution in [3.63, 3.8) is 0 Å². The molecule has 11 heavy (non-hydrogen) atoms. The van der Waals surface area contributed by atoms with Crippen LogP contribution in [0.2, 0.25) is 0 Å². The number of aliphatic carboxylic acids is 1. The summed E-state index contributed by atoms with van der Waals surface area (Å²) in [4.78, 5) is 9.20. The Balaban J connectivity index is 0. The molecule has 64 valence electrons. The van der Waals surface area contributed by atoms with E-state index in [9.17, 15) is 26.7 Å². The number of alkyl halides is 5. The first-order valence-electron chi connectivity index (χ1n) is 1.87. The number of rotatable bonds is 1. The minimum absolute atomic E-state index is 0. The van der Waals surface area contributed by atoms with E-state index in [1.165, 1.54) is 0 Å². The molecule has 0 aliphatic rings. The van der Waals surface area contributed by atoms with E-state index < -0.39 is 18.1 Å². The van der Waals surface area contributed by atoms with Crippen LogP contribution in [-0.4, -0.2) is 68.7 Å². The summed E-state index contributed by atoms with van der Waals surface area (Å²) in [5, 5.41) is 7.31. The van der Waals surface area contributed by atoms with Crippen LogP contribution in [0.3, 0.4) is 0 Å². The molecule has 0 aliphatic heterocycles. The van der Waals surface area contributed by atoms with Crippen molar-refractivity contribution in [2.45, 2.75) is 12.1 Å². The van der Waals surface area contributed by atoms with Gasteiger partial charge in [0.1, 0.15) is 0 Å². The van der Waals surface area contributed by atoms with E-state index in [0.29, 0.717) is 0 Å². The predicted molar refractivity (Wildman–Crippen MR) is 27.2 cm³/mol. The summed E-state index contributed by atoms with van der Waals surface area (Å²) in [5.74, 6) is -8.84. The van der Waals surface area contributed by atoms with Gasteiger partial charge < -0.3 is 5.11 Å². The molecule has 0 heterocycles. The minimum atomic E-state index is -6.02. The van der Waals surface area contributed by atoms with Crippen molar-refractivity contribution < 1.29 is 31.9 Å². The third kappa shape index (κ3) is 3.22. The summed E-state index contributed by atoms with van der Waals surface area (Å²) in [6.07, 6.45) is -6.02. The zero-order valence-corrected chi connectivity index (χ0v) is 4.25. The molecule has 0 saturated carbocycles. The van der Waals surface area contributed by atoms with E-state index >= 15 is 0 Å². The number of hydrogen-bond donors (Lipinski definition) is 1. The van der Waals surface area contributed by atoms with E-state index in [1.807, 2.05) is 0 Å². The van der Waals surface area contributed by atoms with Gasteiger partial charge in [0.05, 0.1) is 0 Å². The third-order valence-electron chi connectivity index (χ3n) is 0.625. The summed E-state index contributed by atoms with van der Waals surface area (Å²) in [5.41, 5.74) is 0. The number of carboxylic acid groups (broad SMARTS) is 1. The fraction of sp³-hybridized carbons (Fsp3) is 0.667. The van der Waals surface area contributed by atoms with Gasteiger partial charge in [-0.15, -0.1) is 0 Å². The van der Waals surface area contributed by atoms with Crippen molar-refractivity contribution in [2.24, 2.45) is 0 Å². The molecule has 8 heteroatoms. The van der Waals surface area contributed by atoms with Gasteiger partial charge in [0, 0.05) is 0 Å². The Hall–Kier alpha value is 0.601. The Morgan fingerprint density at radius 1 is 1.09 bits per heavy atom. The molecule has 0 fully saturated rings. The van der Waals surface area contributed by atoms with Crippen LogP contribution < -0.4 is 0 Å². The summed E-state index contributed by atoms with van der Waals surface area (Å²) in [6.45, 7) is 0. The van der Waals surface area contributed by atoms with Gasteiger partial charge in [-0.05, 0) is 0 Å². The molecule has 0 amide bonds. The van der Waals surface area contributed by atoms with Crippen molar-refractivity contribution in [3.05, 3.63) is 0 Å². The summed E-state index contributed by atoms with van der Waals surface area (Å²) in [6, 6.07) is 0. The summed E-state index contributed by atoms with van der Waals surface area (Å²) in [7, 11) is 0. The molecule has 0 atom stereocenters. The van der Waals surface area contributed by atoms with E-state index in [4.69, 9.17) is 5.11 Å². The Morgan fingerprint density at radius 3 is 1.36 bits per heavy atom. The van der Waals surface area contributed by atoms with Gasteiger partial charge in [0.15, 0.2) is 0 Å². The van der Waals surface area contributed by atoms with Gasteiger partial charge in [-0.2, -0.15) is 22.0 Å². The predicted octanol–water partition coefficient (Wildman–Crippen LogP) is 0.352. The Morgan fingerprint density at radius 2 is 1.36 bits per heavy atom. The molecule has 0 rings (SSSR count). The zero-order chi connectivity index (χ0) is 8.58. The van der Waals surface area contributed by atoms with Crippen LogP contribution in [0.4, 0.5) is 22.0 Å². The van der Waals surface area contributed by atoms with Gasteiger partial charge in [0.2, 0.25) is 0 Å². The Labute approximate surface area is 94.6 Å². The molecule has 0 aromatic heterocycles. The van der Waals surface area contributed by atoms with Crippen LogP contribution in [0, 0.1) is 0 Å². The second kappa shape index (κ2) is 4.01. The second-order valence-corrected chi connectivity index (χ2v) is 1.38. The maximum absolute atomic E-state index is 11.3. The Bertz CT molecular complexity index is 152. The number of carbonyl (C=O) groups is 1. The first-order chi connectivity index (χ1) is 4.19. The van der Waals surface area contributed by atoms with Crippen LogP contribution in [0.15, 0.2) is 0 Å². The second-order valence-electron chi connectivity index (χ2n) is 1.38. The van der Waals surface area contributed by atoms with Gasteiger partial charge in [-0.25, -0.2) is 4.79 Å². The molecule has 0 aliphatic carbocycles. The van der Waals surface area contributed by atoms with Gasteiger partial charge in [-0.3, -0.25) is 0 Å². The van der Waals surface area contributed by atoms with E-state index in [2.05, 4.69) is 0 Å². The van der Waals surface area contributed by atoms with Crippen LogP contribution in [-0.2, 0) is 4.79 Å². The number of carboxylic acids is 1. The maximum atomic E-state index is 11.3. The SMILES string of the molecule is O=C(O)C(F)(F)C(F)(F)F.[SrH2]. The number of hydrogen-bond acceptors (Lipinski definition) is 1. The average molecular weight is 254 g/mol. The first-order valence-corrected chi connectivity index (χ1v) is 1.87. The quantitative estimate of drug-likeness (QED) is 0.541. The fourth-order valence-electron chi connectivity index (χ4n) is 0.121. The molecular weight excluding hydrogens is 251 g/mol. The molecule has 0 unspecified atom stereocenters. The summed E-state index contributed by atoms with van der Waals surface area (Å²) >= 11 is 0. The third-order valence-corrected chi connectivity index (χ3v) is 0.625. The zero-order valence-electron chi connectivity index (χ0n) is 4.25. The van der Waals surface area contributed by atoms with Gasteiger partial charge in [-0.1, -0.05) is 0 Å². The first kappa shape index (κ1) is 14.1. The van der Waals surface area contributed by atoms with Crippen molar-refractivity contribution in [1.29, 1.82) is 0 Å². The van der Waals surface area contributed by atoms with Crippen molar-refractivity contribution in [2.75, 3.05) is 0 Å². The molecule has 2 nitrogen and oxygen atoms in total. The van der Waals surface area contributed by atoms with Crippen LogP contribution in [0.1, 0.15) is 0 Å². The topological polar surface area (TPSA) is 37.3 Å². The average Bonchev–Trinajstić information content (AvgIpc) is 1.62. The summed E-state index contributed by atoms with van der Waals surface area (Å²) < 4.78 is 55.5. The van der Waals surface area contributed by atoms with E-state index in [-0.39, 0.29) is 45.5 Å². The molecule has 0 aromatic carbocycles. The van der Waals surface area contributed by atoms with Gasteiger partial charge in [0.25, 0.3) is 0 Å². The molecule has 0 radical (unpaired) electrons. The normalized spacial score (nSPS) is 12.1. The number of halogens is 5. The molecule has 0 bridgehead atoms. The van der Waals surface area contributed by atoms with Crippen molar-refractivity contribution in [1.82, 2.24) is 0 Å². The van der Waals surface area contributed by atoms with Crippen molar-refractivity contribution >= 4 is 51.5 Å². The molecule has 0 saturated heterocycles. The monoisotopic (exact) mass is 254 g/mol. The van der Waals surface area contributed by atoms with Crippen LogP contribution in [0.5, 0.6) is 0 Å².